The molecule has 2 aliphatic heterocycles. The van der Waals surface area contributed by atoms with Crippen molar-refractivity contribution in [1.29, 1.82) is 0 Å². The van der Waals surface area contributed by atoms with Crippen molar-refractivity contribution in [3.8, 4) is 0 Å². The van der Waals surface area contributed by atoms with E-state index in [1.807, 2.05) is 18.2 Å². The summed E-state index contributed by atoms with van der Waals surface area (Å²) < 4.78 is 28.2. The minimum absolute atomic E-state index is 0.0349. The summed E-state index contributed by atoms with van der Waals surface area (Å²) in [6.07, 6.45) is 2.02. The number of benzene rings is 2. The fourth-order valence-electron chi connectivity index (χ4n) is 4.52. The van der Waals surface area contributed by atoms with Crippen LogP contribution in [0, 0.1) is 16.0 Å². The van der Waals surface area contributed by atoms with Gasteiger partial charge in [-0.05, 0) is 18.1 Å². The molecule has 2 aliphatic rings. The fraction of sp³-hybridized carbons (Fsp3) is 0.348. The van der Waals surface area contributed by atoms with Crippen LogP contribution < -0.4 is 5.32 Å². The maximum Gasteiger partial charge on any atom is 0.289 e. The van der Waals surface area contributed by atoms with Crippen molar-refractivity contribution < 1.29 is 23.0 Å². The molecule has 0 spiro atoms. The Morgan fingerprint density at radius 2 is 1.91 bits per heavy atom. The summed E-state index contributed by atoms with van der Waals surface area (Å²) in [5, 5.41) is 14.7. The molecular weight excluding hydrogens is 460 g/mol. The van der Waals surface area contributed by atoms with Gasteiger partial charge < -0.3 is 10.2 Å². The number of amides is 1. The molecule has 3 unspecified atom stereocenters. The van der Waals surface area contributed by atoms with Crippen molar-refractivity contribution in [2.45, 2.75) is 30.0 Å². The Bertz CT molecular complexity index is 1170. The number of hydrogen-bond donors (Lipinski definition) is 1. The van der Waals surface area contributed by atoms with Crippen molar-refractivity contribution in [3.05, 3.63) is 82.9 Å². The number of hydroxylamine groups is 1. The number of rotatable bonds is 9. The zero-order chi connectivity index (χ0) is 24.3. The molecule has 1 amide bonds. The summed E-state index contributed by atoms with van der Waals surface area (Å²) in [4.78, 5) is 30.5. The van der Waals surface area contributed by atoms with Crippen LogP contribution in [-0.4, -0.2) is 60.3 Å². The Labute approximate surface area is 198 Å². The summed E-state index contributed by atoms with van der Waals surface area (Å²) in [6, 6.07) is 13.2. The molecule has 0 radical (unpaired) electrons. The quantitative estimate of drug-likeness (QED) is 0.327. The maximum atomic E-state index is 13.7. The Morgan fingerprint density at radius 3 is 2.62 bits per heavy atom. The van der Waals surface area contributed by atoms with Crippen LogP contribution >= 0.6 is 0 Å². The number of carbonyl (C=O) groups is 1. The van der Waals surface area contributed by atoms with Crippen molar-refractivity contribution in [1.82, 2.24) is 14.7 Å². The lowest BCUT2D eigenvalue weighted by molar-refractivity contribution is -0.388. The van der Waals surface area contributed by atoms with E-state index < -0.39 is 37.6 Å². The van der Waals surface area contributed by atoms with Crippen LogP contribution in [0.25, 0.3) is 0 Å². The number of nitrogens with one attached hydrogen (secondary N) is 1. The van der Waals surface area contributed by atoms with Crippen molar-refractivity contribution in [3.63, 3.8) is 0 Å². The SMILES string of the molecule is C=CCN1CC2CC(N(OCc3ccccc3)S(=O)(=O)c3ccccc3[N+](=O)[O-])CNC2C1=O. The van der Waals surface area contributed by atoms with Crippen molar-refractivity contribution in [2.24, 2.45) is 5.92 Å². The predicted octanol–water partition coefficient (Wildman–Crippen LogP) is 2.09. The van der Waals surface area contributed by atoms with Crippen LogP contribution in [0.4, 0.5) is 5.69 Å². The van der Waals surface area contributed by atoms with Gasteiger partial charge in [0.2, 0.25) is 5.91 Å². The molecule has 2 heterocycles. The summed E-state index contributed by atoms with van der Waals surface area (Å²) in [5.41, 5.74) is 0.228. The summed E-state index contributed by atoms with van der Waals surface area (Å²) >= 11 is 0. The van der Waals surface area contributed by atoms with Gasteiger partial charge in [0, 0.05) is 31.6 Å². The standard InChI is InChI=1S/C23H26N4O6S/c1-2-12-25-15-18-13-19(14-24-22(18)23(25)28)27(33-16-17-8-4-3-5-9-17)34(31,32)21-11-7-6-10-20(21)26(29)30/h2-11,18-19,22,24H,1,12-16H2. The molecule has 180 valence electrons. The number of para-hydroxylation sites is 1. The first-order valence-electron chi connectivity index (χ1n) is 10.9. The molecule has 10 nitrogen and oxygen atoms in total. The Hall–Kier alpha value is -3.12. The van der Waals surface area contributed by atoms with E-state index in [2.05, 4.69) is 11.9 Å². The third-order valence-corrected chi connectivity index (χ3v) is 7.86. The molecule has 2 fully saturated rings. The molecule has 2 aromatic rings. The Morgan fingerprint density at radius 1 is 1.21 bits per heavy atom. The van der Waals surface area contributed by atoms with Crippen LogP contribution in [0.5, 0.6) is 0 Å². The van der Waals surface area contributed by atoms with Gasteiger partial charge in [-0.1, -0.05) is 53.0 Å². The largest absolute Gasteiger partial charge is 0.337 e. The van der Waals surface area contributed by atoms with E-state index in [-0.39, 0.29) is 25.0 Å². The van der Waals surface area contributed by atoms with Gasteiger partial charge in [-0.2, -0.15) is 0 Å². The van der Waals surface area contributed by atoms with Crippen LogP contribution in [-0.2, 0) is 26.3 Å². The summed E-state index contributed by atoms with van der Waals surface area (Å²) in [7, 11) is -4.40. The zero-order valence-electron chi connectivity index (χ0n) is 18.4. The average molecular weight is 487 g/mol. The summed E-state index contributed by atoms with van der Waals surface area (Å²) in [6.45, 7) is 4.71. The maximum absolute atomic E-state index is 13.7. The first kappa shape index (κ1) is 24.0. The van der Waals surface area contributed by atoms with Gasteiger partial charge in [-0.25, -0.2) is 8.42 Å². The molecule has 0 bridgehead atoms. The van der Waals surface area contributed by atoms with E-state index in [9.17, 15) is 23.3 Å². The third kappa shape index (κ3) is 4.73. The topological polar surface area (TPSA) is 122 Å². The lowest BCUT2D eigenvalue weighted by Gasteiger charge is -2.36. The number of piperidine rings is 1. The van der Waals surface area contributed by atoms with Crippen LogP contribution in [0.2, 0.25) is 0 Å². The lowest BCUT2D eigenvalue weighted by atomic mass is 9.91. The van der Waals surface area contributed by atoms with Crippen molar-refractivity contribution >= 4 is 21.6 Å². The summed E-state index contributed by atoms with van der Waals surface area (Å²) in [5.74, 6) is -0.170. The molecule has 34 heavy (non-hydrogen) atoms. The van der Waals surface area contributed by atoms with Gasteiger partial charge in [0.15, 0.2) is 4.90 Å². The second-order valence-corrected chi connectivity index (χ2v) is 10.1. The van der Waals surface area contributed by atoms with Crippen LogP contribution in [0.15, 0.2) is 72.1 Å². The second-order valence-electron chi connectivity index (χ2n) is 8.31. The van der Waals surface area contributed by atoms with Gasteiger partial charge >= 0.3 is 0 Å². The highest BCUT2D eigenvalue weighted by atomic mass is 32.2. The molecule has 1 N–H and O–H groups in total. The predicted molar refractivity (Wildman–Crippen MR) is 124 cm³/mol. The molecule has 0 aromatic heterocycles. The van der Waals surface area contributed by atoms with E-state index >= 15 is 0 Å². The Kier molecular flexibility index (Phi) is 7.08. The van der Waals surface area contributed by atoms with Crippen LogP contribution in [0.1, 0.15) is 12.0 Å². The highest BCUT2D eigenvalue weighted by molar-refractivity contribution is 7.89. The fourth-order valence-corrected chi connectivity index (χ4v) is 6.12. The highest BCUT2D eigenvalue weighted by Crippen LogP contribution is 2.33. The second kappa shape index (κ2) is 10.0. The number of fused-ring (bicyclic) bond motifs is 1. The minimum Gasteiger partial charge on any atom is -0.337 e. The molecule has 0 saturated carbocycles. The number of sulfonamides is 1. The molecule has 2 aromatic carbocycles. The average Bonchev–Trinajstić information content (AvgIpc) is 3.14. The van der Waals surface area contributed by atoms with E-state index in [1.54, 1.807) is 23.1 Å². The van der Waals surface area contributed by atoms with Gasteiger partial charge in [0.25, 0.3) is 15.7 Å². The van der Waals surface area contributed by atoms with Gasteiger partial charge in [0.1, 0.15) is 0 Å². The molecule has 11 heteroatoms. The normalized spacial score (nSPS) is 22.6. The van der Waals surface area contributed by atoms with Gasteiger partial charge in [0.05, 0.1) is 23.6 Å². The monoisotopic (exact) mass is 486 g/mol. The van der Waals surface area contributed by atoms with Gasteiger partial charge in [-0.15, -0.1) is 6.58 Å². The molecular formula is C23H26N4O6S. The molecule has 0 aliphatic carbocycles. The van der Waals surface area contributed by atoms with E-state index in [0.717, 1.165) is 16.1 Å². The smallest absolute Gasteiger partial charge is 0.289 e. The lowest BCUT2D eigenvalue weighted by Crippen LogP contribution is -2.55. The van der Waals surface area contributed by atoms with Crippen LogP contribution in [0.3, 0.4) is 0 Å². The van der Waals surface area contributed by atoms with E-state index in [0.29, 0.717) is 19.5 Å². The molecule has 4 rings (SSSR count). The first-order valence-corrected chi connectivity index (χ1v) is 12.3. The number of likely N-dealkylation sites (tertiary alicyclic amines) is 1. The Balaban J connectivity index is 1.64. The number of hydrogen-bond acceptors (Lipinski definition) is 7. The number of nitro benzene ring substituents is 1. The van der Waals surface area contributed by atoms with E-state index in [4.69, 9.17) is 4.84 Å². The minimum atomic E-state index is -4.40. The van der Waals surface area contributed by atoms with Gasteiger partial charge in [-0.3, -0.25) is 19.7 Å². The number of carbonyl (C=O) groups excluding carboxylic acids is 1. The molecule has 3 atom stereocenters. The van der Waals surface area contributed by atoms with Crippen molar-refractivity contribution in [2.75, 3.05) is 19.6 Å². The third-order valence-electron chi connectivity index (χ3n) is 6.08. The zero-order valence-corrected chi connectivity index (χ0v) is 19.3. The number of nitrogens with zero attached hydrogens (tertiary/aromatic N) is 3. The number of nitro groups is 1. The molecule has 2 saturated heterocycles. The highest BCUT2D eigenvalue weighted by Gasteiger charge is 2.47. The first-order chi connectivity index (χ1) is 16.3. The van der Waals surface area contributed by atoms with E-state index in [1.165, 1.54) is 18.2 Å².